The number of hydrogen-bond acceptors (Lipinski definition) is 5. The molecule has 1 aromatic carbocycles. The van der Waals surface area contributed by atoms with Crippen LogP contribution in [0.15, 0.2) is 40.8 Å². The predicted molar refractivity (Wildman–Crippen MR) is 67.0 cm³/mol. The highest BCUT2D eigenvalue weighted by atomic mass is 16.6. The first kappa shape index (κ1) is 13.1. The molecule has 0 saturated heterocycles. The van der Waals surface area contributed by atoms with Gasteiger partial charge in [-0.05, 0) is 17.7 Å². The number of rotatable bonds is 5. The van der Waals surface area contributed by atoms with Crippen LogP contribution in [0.1, 0.15) is 17.4 Å². The Labute approximate surface area is 109 Å². The lowest BCUT2D eigenvalue weighted by molar-refractivity contribution is -0.402. The van der Waals surface area contributed by atoms with E-state index in [1.54, 1.807) is 13.2 Å². The number of benzene rings is 1. The van der Waals surface area contributed by atoms with Crippen molar-refractivity contribution in [1.29, 1.82) is 0 Å². The van der Waals surface area contributed by atoms with Crippen LogP contribution in [0.4, 0.5) is 5.88 Å². The summed E-state index contributed by atoms with van der Waals surface area (Å²) in [5, 5.41) is 20.5. The van der Waals surface area contributed by atoms with Gasteiger partial charge in [-0.25, -0.2) is 0 Å². The van der Waals surface area contributed by atoms with Crippen molar-refractivity contribution in [2.45, 2.75) is 12.5 Å². The quantitative estimate of drug-likeness (QED) is 0.661. The van der Waals surface area contributed by atoms with Crippen molar-refractivity contribution in [1.82, 2.24) is 0 Å². The molecule has 2 aromatic rings. The molecule has 0 spiro atoms. The minimum atomic E-state index is -0.954. The predicted octanol–water partition coefficient (Wildman–Crippen LogP) is 2.47. The lowest BCUT2D eigenvalue weighted by atomic mass is 10.1. The van der Waals surface area contributed by atoms with Gasteiger partial charge in [-0.1, -0.05) is 18.2 Å². The maximum absolute atomic E-state index is 10.5. The molecule has 1 N–H and O–H groups in total. The van der Waals surface area contributed by atoms with Gasteiger partial charge >= 0.3 is 5.88 Å². The largest absolute Gasteiger partial charge is 0.496 e. The minimum Gasteiger partial charge on any atom is -0.496 e. The molecule has 6 nitrogen and oxygen atoms in total. The van der Waals surface area contributed by atoms with E-state index in [9.17, 15) is 15.2 Å². The van der Waals surface area contributed by atoms with E-state index in [-0.39, 0.29) is 18.1 Å². The van der Waals surface area contributed by atoms with Gasteiger partial charge in [0.05, 0.1) is 13.2 Å². The maximum Gasteiger partial charge on any atom is 0.433 e. The van der Waals surface area contributed by atoms with E-state index in [1.807, 2.05) is 18.2 Å². The number of para-hydroxylation sites is 1. The van der Waals surface area contributed by atoms with Crippen molar-refractivity contribution in [3.05, 3.63) is 57.8 Å². The van der Waals surface area contributed by atoms with E-state index in [1.165, 1.54) is 12.1 Å². The van der Waals surface area contributed by atoms with Gasteiger partial charge in [0.1, 0.15) is 22.5 Å². The van der Waals surface area contributed by atoms with Crippen LogP contribution in [0.25, 0.3) is 0 Å². The Kier molecular flexibility index (Phi) is 3.82. The summed E-state index contributed by atoms with van der Waals surface area (Å²) in [7, 11) is 1.54. The molecule has 0 aliphatic carbocycles. The Morgan fingerprint density at radius 3 is 2.74 bits per heavy atom. The molecular weight excluding hydrogens is 250 g/mol. The van der Waals surface area contributed by atoms with Crippen LogP contribution in [-0.2, 0) is 6.42 Å². The molecule has 0 saturated carbocycles. The summed E-state index contributed by atoms with van der Waals surface area (Å²) >= 11 is 0. The van der Waals surface area contributed by atoms with Crippen LogP contribution in [0.2, 0.25) is 0 Å². The zero-order valence-corrected chi connectivity index (χ0v) is 10.3. The smallest absolute Gasteiger partial charge is 0.433 e. The van der Waals surface area contributed by atoms with E-state index in [2.05, 4.69) is 0 Å². The number of ether oxygens (including phenoxy) is 1. The average Bonchev–Trinajstić information content (AvgIpc) is 2.89. The SMILES string of the molecule is COc1ccccc1CC(O)c1ccc([N+](=O)[O-])o1. The molecule has 0 bridgehead atoms. The highest BCUT2D eigenvalue weighted by Gasteiger charge is 2.19. The Morgan fingerprint density at radius 2 is 2.11 bits per heavy atom. The number of nitrogens with zero attached hydrogens (tertiary/aromatic N) is 1. The van der Waals surface area contributed by atoms with Crippen molar-refractivity contribution in [3.63, 3.8) is 0 Å². The standard InChI is InChI=1S/C13H13NO5/c1-18-11-5-3-2-4-9(11)8-10(15)12-6-7-13(19-12)14(16)17/h2-7,10,15H,8H2,1H3. The third kappa shape index (κ3) is 2.92. The van der Waals surface area contributed by atoms with Crippen molar-refractivity contribution in [2.75, 3.05) is 7.11 Å². The number of methoxy groups -OCH3 is 1. The van der Waals surface area contributed by atoms with Gasteiger partial charge < -0.3 is 14.3 Å². The number of aliphatic hydroxyl groups is 1. The number of hydrogen-bond donors (Lipinski definition) is 1. The third-order valence-corrected chi connectivity index (χ3v) is 2.73. The Bertz CT molecular complexity index is 578. The van der Waals surface area contributed by atoms with Crippen molar-refractivity contribution >= 4 is 5.88 Å². The van der Waals surface area contributed by atoms with Crippen LogP contribution < -0.4 is 4.74 Å². The van der Waals surface area contributed by atoms with Gasteiger partial charge in [-0.3, -0.25) is 10.1 Å². The summed E-state index contributed by atoms with van der Waals surface area (Å²) in [6.07, 6.45) is -0.695. The topological polar surface area (TPSA) is 85.7 Å². The van der Waals surface area contributed by atoms with Gasteiger partial charge in [0, 0.05) is 6.42 Å². The van der Waals surface area contributed by atoms with Crippen molar-refractivity contribution in [2.24, 2.45) is 0 Å². The Balaban J connectivity index is 2.15. The van der Waals surface area contributed by atoms with Gasteiger partial charge in [0.15, 0.2) is 0 Å². The summed E-state index contributed by atoms with van der Waals surface area (Å²) < 4.78 is 10.1. The van der Waals surface area contributed by atoms with Gasteiger partial charge in [-0.15, -0.1) is 0 Å². The monoisotopic (exact) mass is 263 g/mol. The fourth-order valence-electron chi connectivity index (χ4n) is 1.80. The van der Waals surface area contributed by atoms with E-state index < -0.39 is 11.0 Å². The molecule has 100 valence electrons. The molecule has 2 rings (SSSR count). The number of nitro groups is 1. The first-order valence-corrected chi connectivity index (χ1v) is 5.66. The molecule has 19 heavy (non-hydrogen) atoms. The second kappa shape index (κ2) is 5.53. The fourth-order valence-corrected chi connectivity index (χ4v) is 1.80. The first-order valence-electron chi connectivity index (χ1n) is 5.66. The summed E-state index contributed by atoms with van der Waals surface area (Å²) in [6.45, 7) is 0. The Morgan fingerprint density at radius 1 is 1.37 bits per heavy atom. The lowest BCUT2D eigenvalue weighted by Crippen LogP contribution is -2.02. The molecule has 1 atom stereocenters. The molecule has 0 radical (unpaired) electrons. The van der Waals surface area contributed by atoms with E-state index in [0.717, 1.165) is 5.56 Å². The Hall–Kier alpha value is -2.34. The zero-order valence-electron chi connectivity index (χ0n) is 10.3. The summed E-state index contributed by atoms with van der Waals surface area (Å²) in [5.41, 5.74) is 0.802. The highest BCUT2D eigenvalue weighted by Crippen LogP contribution is 2.27. The van der Waals surface area contributed by atoms with Crippen molar-refractivity contribution in [3.8, 4) is 5.75 Å². The van der Waals surface area contributed by atoms with Crippen LogP contribution in [0, 0.1) is 10.1 Å². The molecule has 1 unspecified atom stereocenters. The second-order valence-electron chi connectivity index (χ2n) is 3.96. The number of aliphatic hydroxyl groups excluding tert-OH is 1. The molecular formula is C13H13NO5. The third-order valence-electron chi connectivity index (χ3n) is 2.73. The average molecular weight is 263 g/mol. The molecule has 0 amide bonds. The van der Waals surface area contributed by atoms with Gasteiger partial charge in [0.25, 0.3) is 0 Å². The molecule has 0 aliphatic heterocycles. The van der Waals surface area contributed by atoms with Crippen LogP contribution >= 0.6 is 0 Å². The fraction of sp³-hybridized carbons (Fsp3) is 0.231. The summed E-state index contributed by atoms with van der Waals surface area (Å²) in [5.74, 6) is 0.439. The zero-order chi connectivity index (χ0) is 13.8. The molecule has 0 aliphatic rings. The van der Waals surface area contributed by atoms with Gasteiger partial charge in [-0.2, -0.15) is 0 Å². The molecule has 1 aromatic heterocycles. The van der Waals surface area contributed by atoms with Crippen LogP contribution in [-0.4, -0.2) is 17.1 Å². The van der Waals surface area contributed by atoms with Crippen molar-refractivity contribution < 1.29 is 19.2 Å². The molecule has 6 heteroatoms. The minimum absolute atomic E-state index is 0.164. The maximum atomic E-state index is 10.5. The van der Waals surface area contributed by atoms with Crippen LogP contribution in [0.3, 0.4) is 0 Å². The second-order valence-corrected chi connectivity index (χ2v) is 3.96. The lowest BCUT2D eigenvalue weighted by Gasteiger charge is -2.11. The summed E-state index contributed by atoms with van der Waals surface area (Å²) in [4.78, 5) is 9.87. The normalized spacial score (nSPS) is 12.1. The van der Waals surface area contributed by atoms with E-state index in [0.29, 0.717) is 5.75 Å². The molecule has 1 heterocycles. The van der Waals surface area contributed by atoms with E-state index in [4.69, 9.17) is 9.15 Å². The van der Waals surface area contributed by atoms with E-state index >= 15 is 0 Å². The highest BCUT2D eigenvalue weighted by molar-refractivity contribution is 5.34. The van der Waals surface area contributed by atoms with Gasteiger partial charge in [0.2, 0.25) is 0 Å². The first-order chi connectivity index (χ1) is 9.11. The molecule has 0 fully saturated rings. The number of furan rings is 1. The van der Waals surface area contributed by atoms with Crippen LogP contribution in [0.5, 0.6) is 5.75 Å². The summed E-state index contributed by atoms with van der Waals surface area (Å²) in [6, 6.07) is 9.88.